The number of hydrogen-bond donors (Lipinski definition) is 3. The number of ether oxygens (including phenoxy) is 1. The predicted molar refractivity (Wildman–Crippen MR) is 128 cm³/mol. The summed E-state index contributed by atoms with van der Waals surface area (Å²) in [5.74, 6) is -2.01. The standard InChI is InChI=1S/C27H32N2O5/c1-16(2)24(25(31)32)17(3)28-23(30)14-27(12-13-27)29-26(33)34-15-22-20-10-6-4-8-18(20)19-9-5-7-11-21(19)22/h4-11,16-17,22,24H,12-15H2,1-3H3,(H,28,30)(H,29,33)(H,31,32). The highest BCUT2D eigenvalue weighted by molar-refractivity contribution is 5.81. The minimum atomic E-state index is -0.930. The topological polar surface area (TPSA) is 105 Å². The fourth-order valence-electron chi connectivity index (χ4n) is 5.13. The lowest BCUT2D eigenvalue weighted by atomic mass is 9.89. The van der Waals surface area contributed by atoms with Crippen LogP contribution in [0.25, 0.3) is 11.1 Å². The lowest BCUT2D eigenvalue weighted by Crippen LogP contribution is -2.47. The van der Waals surface area contributed by atoms with Crippen molar-refractivity contribution in [1.29, 1.82) is 0 Å². The molecule has 2 aliphatic rings. The minimum absolute atomic E-state index is 0.0264. The third-order valence-electron chi connectivity index (χ3n) is 6.99. The molecule has 7 heteroatoms. The molecule has 0 bridgehead atoms. The quantitative estimate of drug-likeness (QED) is 0.513. The number of benzene rings is 2. The second kappa shape index (κ2) is 9.49. The Balaban J connectivity index is 1.32. The molecular formula is C27H32N2O5. The van der Waals surface area contributed by atoms with Crippen LogP contribution in [0.4, 0.5) is 4.79 Å². The average Bonchev–Trinajstić information content (AvgIpc) is 3.43. The maximum atomic E-state index is 12.6. The van der Waals surface area contributed by atoms with Gasteiger partial charge in [0.2, 0.25) is 5.91 Å². The fraction of sp³-hybridized carbons (Fsp3) is 0.444. The molecule has 2 aliphatic carbocycles. The number of amides is 2. The van der Waals surface area contributed by atoms with Crippen LogP contribution >= 0.6 is 0 Å². The van der Waals surface area contributed by atoms with Crippen molar-refractivity contribution in [2.45, 2.75) is 57.5 Å². The Morgan fingerprint density at radius 2 is 1.56 bits per heavy atom. The van der Waals surface area contributed by atoms with Crippen LogP contribution in [0.5, 0.6) is 0 Å². The SMILES string of the molecule is CC(C)C(C(=O)O)C(C)NC(=O)CC1(NC(=O)OCC2c3ccccc3-c3ccccc32)CC1. The highest BCUT2D eigenvalue weighted by Crippen LogP contribution is 2.44. The molecule has 180 valence electrons. The number of carboxylic acid groups (broad SMARTS) is 1. The second-order valence-electron chi connectivity index (χ2n) is 9.87. The van der Waals surface area contributed by atoms with Gasteiger partial charge in [0.05, 0.1) is 11.5 Å². The minimum Gasteiger partial charge on any atom is -0.481 e. The smallest absolute Gasteiger partial charge is 0.407 e. The van der Waals surface area contributed by atoms with Gasteiger partial charge >= 0.3 is 12.1 Å². The Morgan fingerprint density at radius 3 is 2.06 bits per heavy atom. The number of nitrogens with one attached hydrogen (secondary N) is 2. The Hall–Kier alpha value is -3.35. The van der Waals surface area contributed by atoms with Gasteiger partial charge in [-0.05, 0) is 47.9 Å². The van der Waals surface area contributed by atoms with Crippen LogP contribution in [0.2, 0.25) is 0 Å². The molecule has 3 N–H and O–H groups in total. The summed E-state index contributed by atoms with van der Waals surface area (Å²) < 4.78 is 5.62. The molecule has 2 unspecified atom stereocenters. The van der Waals surface area contributed by atoms with Crippen molar-refractivity contribution in [2.75, 3.05) is 6.61 Å². The van der Waals surface area contributed by atoms with Crippen LogP contribution in [-0.4, -0.2) is 41.3 Å². The monoisotopic (exact) mass is 464 g/mol. The van der Waals surface area contributed by atoms with Crippen molar-refractivity contribution in [3.8, 4) is 11.1 Å². The first-order chi connectivity index (χ1) is 16.2. The lowest BCUT2D eigenvalue weighted by Gasteiger charge is -2.25. The number of aliphatic carboxylic acids is 1. The van der Waals surface area contributed by atoms with Crippen molar-refractivity contribution in [2.24, 2.45) is 11.8 Å². The molecule has 0 radical (unpaired) electrons. The normalized spacial score (nSPS) is 17.3. The van der Waals surface area contributed by atoms with E-state index in [0.29, 0.717) is 12.8 Å². The van der Waals surface area contributed by atoms with Crippen LogP contribution < -0.4 is 10.6 Å². The zero-order chi connectivity index (χ0) is 24.5. The van der Waals surface area contributed by atoms with E-state index in [2.05, 4.69) is 34.9 Å². The Labute approximate surface area is 199 Å². The van der Waals surface area contributed by atoms with Gasteiger partial charge in [-0.2, -0.15) is 0 Å². The molecule has 2 atom stereocenters. The summed E-state index contributed by atoms with van der Waals surface area (Å²) in [4.78, 5) is 36.7. The van der Waals surface area contributed by atoms with E-state index >= 15 is 0 Å². The molecule has 7 nitrogen and oxygen atoms in total. The van der Waals surface area contributed by atoms with Crippen LogP contribution in [-0.2, 0) is 14.3 Å². The number of alkyl carbamates (subject to hydrolysis) is 1. The van der Waals surface area contributed by atoms with Gasteiger partial charge in [0.15, 0.2) is 0 Å². The third kappa shape index (κ3) is 4.93. The molecular weight excluding hydrogens is 432 g/mol. The van der Waals surface area contributed by atoms with Gasteiger partial charge in [0.1, 0.15) is 6.61 Å². The Morgan fingerprint density at radius 1 is 1.00 bits per heavy atom. The number of carbonyl (C=O) groups is 3. The molecule has 1 fully saturated rings. The van der Waals surface area contributed by atoms with Crippen molar-refractivity contribution >= 4 is 18.0 Å². The molecule has 2 aromatic rings. The first-order valence-corrected chi connectivity index (χ1v) is 11.9. The predicted octanol–water partition coefficient (Wildman–Crippen LogP) is 4.31. The van der Waals surface area contributed by atoms with E-state index in [-0.39, 0.29) is 30.8 Å². The van der Waals surface area contributed by atoms with Crippen LogP contribution in [0, 0.1) is 11.8 Å². The summed E-state index contributed by atoms with van der Waals surface area (Å²) >= 11 is 0. The number of fused-ring (bicyclic) bond motifs is 3. The van der Waals surface area contributed by atoms with Crippen molar-refractivity contribution in [3.05, 3.63) is 59.7 Å². The fourth-order valence-corrected chi connectivity index (χ4v) is 5.13. The lowest BCUT2D eigenvalue weighted by molar-refractivity contribution is -0.144. The Kier molecular flexibility index (Phi) is 6.64. The van der Waals surface area contributed by atoms with E-state index in [4.69, 9.17) is 4.74 Å². The van der Waals surface area contributed by atoms with E-state index in [1.807, 2.05) is 38.1 Å². The van der Waals surface area contributed by atoms with Gasteiger partial charge in [-0.1, -0.05) is 62.4 Å². The van der Waals surface area contributed by atoms with E-state index in [1.165, 1.54) is 0 Å². The van der Waals surface area contributed by atoms with E-state index in [1.54, 1.807) is 6.92 Å². The number of carboxylic acids is 1. The first kappa shape index (κ1) is 23.8. The van der Waals surface area contributed by atoms with E-state index in [0.717, 1.165) is 22.3 Å². The first-order valence-electron chi connectivity index (χ1n) is 11.9. The van der Waals surface area contributed by atoms with Crippen molar-refractivity contribution < 1.29 is 24.2 Å². The zero-order valence-corrected chi connectivity index (χ0v) is 19.8. The summed E-state index contributed by atoms with van der Waals surface area (Å²) in [7, 11) is 0. The van der Waals surface area contributed by atoms with Gasteiger partial charge in [-0.3, -0.25) is 9.59 Å². The molecule has 2 aromatic carbocycles. The largest absolute Gasteiger partial charge is 0.481 e. The highest BCUT2D eigenvalue weighted by atomic mass is 16.5. The van der Waals surface area contributed by atoms with Crippen molar-refractivity contribution in [1.82, 2.24) is 10.6 Å². The molecule has 0 spiro atoms. The maximum absolute atomic E-state index is 12.6. The van der Waals surface area contributed by atoms with Gasteiger partial charge < -0.3 is 20.5 Å². The summed E-state index contributed by atoms with van der Waals surface area (Å²) in [6, 6.07) is 15.8. The summed E-state index contributed by atoms with van der Waals surface area (Å²) in [6.07, 6.45) is 0.939. The molecule has 1 saturated carbocycles. The number of rotatable bonds is 9. The van der Waals surface area contributed by atoms with Crippen molar-refractivity contribution in [3.63, 3.8) is 0 Å². The van der Waals surface area contributed by atoms with Gasteiger partial charge in [-0.25, -0.2) is 4.79 Å². The molecule has 0 saturated heterocycles. The molecule has 4 rings (SSSR count). The number of carbonyl (C=O) groups excluding carboxylic acids is 2. The highest BCUT2D eigenvalue weighted by Gasteiger charge is 2.46. The van der Waals surface area contributed by atoms with Gasteiger partial charge in [0, 0.05) is 18.4 Å². The second-order valence-corrected chi connectivity index (χ2v) is 9.87. The third-order valence-corrected chi connectivity index (χ3v) is 6.99. The van der Waals surface area contributed by atoms with E-state index in [9.17, 15) is 19.5 Å². The molecule has 0 aliphatic heterocycles. The van der Waals surface area contributed by atoms with Crippen LogP contribution in [0.15, 0.2) is 48.5 Å². The van der Waals surface area contributed by atoms with Gasteiger partial charge in [0.25, 0.3) is 0 Å². The molecule has 0 heterocycles. The van der Waals surface area contributed by atoms with Crippen LogP contribution in [0.1, 0.15) is 57.1 Å². The van der Waals surface area contributed by atoms with Gasteiger partial charge in [-0.15, -0.1) is 0 Å². The summed E-state index contributed by atoms with van der Waals surface area (Å²) in [5.41, 5.74) is 3.99. The van der Waals surface area contributed by atoms with E-state index < -0.39 is 29.6 Å². The van der Waals surface area contributed by atoms with Crippen LogP contribution in [0.3, 0.4) is 0 Å². The average molecular weight is 465 g/mol. The maximum Gasteiger partial charge on any atom is 0.407 e. The summed E-state index contributed by atoms with van der Waals surface area (Å²) in [6.45, 7) is 5.56. The molecule has 0 aromatic heterocycles. The summed E-state index contributed by atoms with van der Waals surface area (Å²) in [5, 5.41) is 15.1. The Bertz CT molecular complexity index is 1050. The zero-order valence-electron chi connectivity index (χ0n) is 19.8. The molecule has 34 heavy (non-hydrogen) atoms. The number of hydrogen-bond acceptors (Lipinski definition) is 4. The molecule has 2 amide bonds.